The summed E-state index contributed by atoms with van der Waals surface area (Å²) < 4.78 is 11.0. The predicted octanol–water partition coefficient (Wildman–Crippen LogP) is 10.1. The van der Waals surface area contributed by atoms with E-state index in [0.29, 0.717) is 12.0 Å². The van der Waals surface area contributed by atoms with E-state index in [9.17, 15) is 4.79 Å². The molecule has 47 heavy (non-hydrogen) atoms. The Morgan fingerprint density at radius 2 is 1.81 bits per heavy atom. The van der Waals surface area contributed by atoms with Gasteiger partial charge in [0.1, 0.15) is 12.3 Å². The normalized spacial score (nSPS) is 34.0. The van der Waals surface area contributed by atoms with Gasteiger partial charge >= 0.3 is 5.97 Å². The van der Waals surface area contributed by atoms with Crippen molar-refractivity contribution in [2.45, 2.75) is 150 Å². The van der Waals surface area contributed by atoms with Crippen molar-refractivity contribution in [3.05, 3.63) is 54.0 Å². The number of rotatable bonds is 9. The Morgan fingerprint density at radius 3 is 2.62 bits per heavy atom. The van der Waals surface area contributed by atoms with Crippen LogP contribution in [0.5, 0.6) is 0 Å². The lowest BCUT2D eigenvalue weighted by Crippen LogP contribution is -2.51. The molecule has 0 bridgehead atoms. The quantitative estimate of drug-likeness (QED) is 0.155. The first-order valence-electron chi connectivity index (χ1n) is 19.7. The summed E-state index contributed by atoms with van der Waals surface area (Å²) >= 11 is 0. The van der Waals surface area contributed by atoms with Crippen molar-refractivity contribution in [1.29, 1.82) is 0 Å². The third-order valence-electron chi connectivity index (χ3n) is 14.4. The van der Waals surface area contributed by atoms with Crippen molar-refractivity contribution in [2.24, 2.45) is 46.3 Å². The Morgan fingerprint density at radius 1 is 0.979 bits per heavy atom. The molecule has 1 aliphatic heterocycles. The SMILES string of the molecule is CC(C)CCCC(C)C1CCC2C3CC=C4CC(OC(=O)C[n+]5cc(-c6ccccc6)n6c5CCCCC6)CCC4(C)C3CCC12C. The number of nitrogens with zero attached hydrogens (tertiary/aromatic N) is 2. The fraction of sp³-hybridized carbons (Fsp3) is 0.721. The molecule has 8 unspecified atom stereocenters. The van der Waals surface area contributed by atoms with Crippen molar-refractivity contribution in [3.8, 4) is 11.3 Å². The maximum atomic E-state index is 13.5. The molecular weight excluding hydrogens is 576 g/mol. The number of carbonyl (C=O) groups excluding carboxylic acids is 1. The molecule has 0 spiro atoms. The van der Waals surface area contributed by atoms with E-state index in [1.54, 1.807) is 5.57 Å². The number of hydrogen-bond donors (Lipinski definition) is 0. The third-order valence-corrected chi connectivity index (χ3v) is 14.4. The van der Waals surface area contributed by atoms with Crippen molar-refractivity contribution < 1.29 is 14.1 Å². The Bertz CT molecular complexity index is 1440. The lowest BCUT2D eigenvalue weighted by atomic mass is 9.47. The van der Waals surface area contributed by atoms with Gasteiger partial charge in [0.25, 0.3) is 5.82 Å². The van der Waals surface area contributed by atoms with E-state index < -0.39 is 0 Å². The highest BCUT2D eigenvalue weighted by molar-refractivity contribution is 5.68. The molecule has 0 radical (unpaired) electrons. The number of allylic oxidation sites excluding steroid dienone is 1. The maximum absolute atomic E-state index is 13.5. The van der Waals surface area contributed by atoms with Crippen LogP contribution in [-0.4, -0.2) is 16.6 Å². The molecule has 256 valence electrons. The lowest BCUT2D eigenvalue weighted by molar-refractivity contribution is -0.692. The Labute approximate surface area is 285 Å². The molecule has 2 heterocycles. The average molecular weight is 640 g/mol. The minimum atomic E-state index is -0.0666. The van der Waals surface area contributed by atoms with Gasteiger partial charge in [-0.05, 0) is 111 Å². The number of imidazole rings is 1. The molecule has 1 aromatic carbocycles. The van der Waals surface area contributed by atoms with Gasteiger partial charge in [0.2, 0.25) is 0 Å². The van der Waals surface area contributed by atoms with Crippen LogP contribution in [0.1, 0.15) is 130 Å². The Balaban J connectivity index is 1.00. The molecule has 0 saturated heterocycles. The summed E-state index contributed by atoms with van der Waals surface area (Å²) in [5.41, 5.74) is 4.88. The maximum Gasteiger partial charge on any atom is 0.348 e. The van der Waals surface area contributed by atoms with Crippen LogP contribution >= 0.6 is 0 Å². The van der Waals surface area contributed by atoms with Crippen molar-refractivity contribution in [3.63, 3.8) is 0 Å². The van der Waals surface area contributed by atoms with Gasteiger partial charge in [0, 0.05) is 18.4 Å². The number of hydrogen-bond acceptors (Lipinski definition) is 2. The molecule has 4 heteroatoms. The molecule has 0 N–H and O–H groups in total. The van der Waals surface area contributed by atoms with Crippen molar-refractivity contribution in [2.75, 3.05) is 0 Å². The van der Waals surface area contributed by atoms with E-state index in [1.165, 1.54) is 94.1 Å². The van der Waals surface area contributed by atoms with E-state index in [2.05, 4.69) is 86.4 Å². The average Bonchev–Trinajstić information content (AvgIpc) is 3.47. The van der Waals surface area contributed by atoms with Crippen LogP contribution in [0.15, 0.2) is 48.2 Å². The number of ether oxygens (including phenoxy) is 1. The number of benzene rings is 1. The van der Waals surface area contributed by atoms with Gasteiger partial charge in [0.15, 0.2) is 12.2 Å². The molecule has 4 nitrogen and oxygen atoms in total. The summed E-state index contributed by atoms with van der Waals surface area (Å²) in [7, 11) is 0. The minimum absolute atomic E-state index is 0.0187. The lowest BCUT2D eigenvalue weighted by Gasteiger charge is -2.58. The van der Waals surface area contributed by atoms with Crippen LogP contribution in [0.4, 0.5) is 0 Å². The zero-order valence-corrected chi connectivity index (χ0v) is 30.3. The molecule has 0 amide bonds. The molecule has 4 aliphatic carbocycles. The smallest absolute Gasteiger partial charge is 0.348 e. The third kappa shape index (κ3) is 6.29. The molecule has 3 saturated carbocycles. The zero-order valence-electron chi connectivity index (χ0n) is 30.3. The number of aromatic nitrogens is 2. The van der Waals surface area contributed by atoms with Crippen LogP contribution in [0.25, 0.3) is 11.3 Å². The van der Waals surface area contributed by atoms with Crippen LogP contribution in [0.2, 0.25) is 0 Å². The van der Waals surface area contributed by atoms with Crippen LogP contribution in [0, 0.1) is 46.3 Å². The first-order chi connectivity index (χ1) is 22.7. The van der Waals surface area contributed by atoms with Crippen molar-refractivity contribution in [1.82, 2.24) is 4.57 Å². The monoisotopic (exact) mass is 639 g/mol. The fourth-order valence-electron chi connectivity index (χ4n) is 11.9. The van der Waals surface area contributed by atoms with Gasteiger partial charge in [-0.2, -0.15) is 0 Å². The highest BCUT2D eigenvalue weighted by Crippen LogP contribution is 2.67. The van der Waals surface area contributed by atoms with E-state index in [0.717, 1.165) is 61.3 Å². The number of esters is 1. The standard InChI is InChI=1S/C43H63N2O2/c1-30(2)13-12-14-31(3)36-20-21-37-35-19-18-33-27-34(22-24-42(33,4)38(35)23-25-43(36,37)5)47-41(46)29-44-28-39(32-15-8-6-9-16-32)45-26-11-7-10-17-40(44)45/h6,8-9,15-16,18,28,30-31,34-38H,7,10-14,17,19-27,29H2,1-5H3/q+1. The predicted molar refractivity (Wildman–Crippen MR) is 191 cm³/mol. The fourth-order valence-corrected chi connectivity index (χ4v) is 11.9. The van der Waals surface area contributed by atoms with Crippen LogP contribution in [-0.2, 0) is 29.0 Å². The van der Waals surface area contributed by atoms with Gasteiger partial charge in [-0.25, -0.2) is 13.9 Å². The highest BCUT2D eigenvalue weighted by atomic mass is 16.5. The van der Waals surface area contributed by atoms with E-state index >= 15 is 0 Å². The minimum Gasteiger partial charge on any atom is -0.459 e. The summed E-state index contributed by atoms with van der Waals surface area (Å²) in [6, 6.07) is 10.7. The molecule has 8 atom stereocenters. The van der Waals surface area contributed by atoms with Crippen LogP contribution < -0.4 is 4.57 Å². The van der Waals surface area contributed by atoms with E-state index in [4.69, 9.17) is 4.74 Å². The molecule has 2 aromatic rings. The summed E-state index contributed by atoms with van der Waals surface area (Å²) in [6.07, 6.45) is 23.8. The Hall–Kier alpha value is -2.36. The van der Waals surface area contributed by atoms with E-state index in [-0.39, 0.29) is 17.5 Å². The van der Waals surface area contributed by atoms with E-state index in [1.807, 2.05) is 0 Å². The van der Waals surface area contributed by atoms with Gasteiger partial charge in [-0.1, -0.05) is 95.9 Å². The molecule has 7 rings (SSSR count). The molecule has 3 fully saturated rings. The summed E-state index contributed by atoms with van der Waals surface area (Å²) in [6.45, 7) is 14.0. The summed E-state index contributed by atoms with van der Waals surface area (Å²) in [5.74, 6) is 6.34. The summed E-state index contributed by atoms with van der Waals surface area (Å²) in [4.78, 5) is 13.5. The second kappa shape index (κ2) is 13.5. The van der Waals surface area contributed by atoms with Crippen LogP contribution in [0.3, 0.4) is 0 Å². The second-order valence-electron chi connectivity index (χ2n) is 17.5. The van der Waals surface area contributed by atoms with Gasteiger partial charge in [-0.3, -0.25) is 0 Å². The zero-order chi connectivity index (χ0) is 32.8. The first-order valence-corrected chi connectivity index (χ1v) is 19.7. The topological polar surface area (TPSA) is 35.1 Å². The highest BCUT2D eigenvalue weighted by Gasteiger charge is 2.59. The molecule has 1 aromatic heterocycles. The molecular formula is C43H63N2O2+. The second-order valence-corrected chi connectivity index (χ2v) is 17.5. The largest absolute Gasteiger partial charge is 0.459 e. The molecule has 5 aliphatic rings. The number of carbonyl (C=O) groups is 1. The van der Waals surface area contributed by atoms with Gasteiger partial charge in [-0.15, -0.1) is 0 Å². The van der Waals surface area contributed by atoms with Gasteiger partial charge in [0.05, 0.1) is 6.54 Å². The first kappa shape index (κ1) is 33.2. The van der Waals surface area contributed by atoms with Gasteiger partial charge < -0.3 is 4.74 Å². The number of fused-ring (bicyclic) bond motifs is 6. The van der Waals surface area contributed by atoms with Crippen molar-refractivity contribution >= 4 is 5.97 Å². The summed E-state index contributed by atoms with van der Waals surface area (Å²) in [5, 5.41) is 0. The Kier molecular flexibility index (Phi) is 9.53.